The van der Waals surface area contributed by atoms with E-state index < -0.39 is 5.41 Å². The quantitative estimate of drug-likeness (QED) is 0.176. The molecular weight excluding hydrogens is 627 g/mol. The Kier molecular flexibility index (Phi) is 6.88. The Labute approximate surface area is 305 Å². The lowest BCUT2D eigenvalue weighted by molar-refractivity contribution is 0.774. The largest absolute Gasteiger partial charge is 0.309 e. The summed E-state index contributed by atoms with van der Waals surface area (Å²) in [5.41, 5.74) is 17.2. The first-order chi connectivity index (χ1) is 25.7. The topological polar surface area (TPSA) is 4.93 Å². The van der Waals surface area contributed by atoms with Gasteiger partial charge in [0.25, 0.3) is 0 Å². The first kappa shape index (κ1) is 30.6. The van der Waals surface area contributed by atoms with Gasteiger partial charge in [0.15, 0.2) is 0 Å². The van der Waals surface area contributed by atoms with E-state index in [4.69, 9.17) is 6.58 Å². The highest BCUT2D eigenvalue weighted by molar-refractivity contribution is 6.26. The monoisotopic (exact) mass is 665 g/mol. The maximum absolute atomic E-state index is 4.81. The van der Waals surface area contributed by atoms with Crippen LogP contribution < -0.4 is 0 Å². The summed E-state index contributed by atoms with van der Waals surface area (Å²) >= 11 is 0. The number of hydrogen-bond donors (Lipinski definition) is 0. The molecule has 1 unspecified atom stereocenters. The molecule has 1 aromatic heterocycles. The molecule has 0 bridgehead atoms. The van der Waals surface area contributed by atoms with Crippen LogP contribution in [0.15, 0.2) is 176 Å². The van der Waals surface area contributed by atoms with Crippen molar-refractivity contribution in [2.24, 2.45) is 0 Å². The summed E-state index contributed by atoms with van der Waals surface area (Å²) in [7, 11) is 0. The Morgan fingerprint density at radius 3 is 2.23 bits per heavy atom. The smallest absolute Gasteiger partial charge is 0.0725 e. The lowest BCUT2D eigenvalue weighted by atomic mass is 9.61. The summed E-state index contributed by atoms with van der Waals surface area (Å²) < 4.78 is 2.41. The third kappa shape index (κ3) is 4.05. The molecular formula is C51H39N. The molecule has 0 fully saturated rings. The maximum Gasteiger partial charge on any atom is 0.0725 e. The fourth-order valence-corrected chi connectivity index (χ4v) is 9.65. The van der Waals surface area contributed by atoms with E-state index in [1.54, 1.807) is 0 Å². The van der Waals surface area contributed by atoms with Crippen LogP contribution in [0.5, 0.6) is 0 Å². The van der Waals surface area contributed by atoms with Crippen LogP contribution >= 0.6 is 0 Å². The minimum atomic E-state index is -0.458. The molecule has 0 amide bonds. The fraction of sp³-hybridized carbons (Fsp3) is 0.0980. The fourth-order valence-electron chi connectivity index (χ4n) is 9.65. The van der Waals surface area contributed by atoms with Gasteiger partial charge in [-0.05, 0) is 117 Å². The molecule has 1 heterocycles. The predicted molar refractivity (Wildman–Crippen MR) is 222 cm³/mol. The molecule has 0 radical (unpaired) electrons. The van der Waals surface area contributed by atoms with Gasteiger partial charge in [0.1, 0.15) is 0 Å². The highest BCUT2D eigenvalue weighted by Gasteiger charge is 2.51. The molecule has 1 heteroatoms. The van der Waals surface area contributed by atoms with E-state index in [2.05, 4.69) is 182 Å². The molecule has 1 atom stereocenters. The van der Waals surface area contributed by atoms with E-state index in [9.17, 15) is 0 Å². The SMILES string of the molecule is C=C(c1cccc(C2=CC=CCC2)c1)n1c2ccccc2c2c3cccc4c3c(cc21)-c1ccccc1C41C(=C/C=C\C)/C(=C\C)c2ccccc21. The maximum atomic E-state index is 4.81. The normalized spacial score (nSPS) is 19.0. The van der Waals surface area contributed by atoms with Gasteiger partial charge < -0.3 is 4.57 Å². The predicted octanol–water partition coefficient (Wildman–Crippen LogP) is 13.4. The molecule has 7 aromatic rings. The van der Waals surface area contributed by atoms with Gasteiger partial charge in [-0.1, -0.05) is 152 Å². The van der Waals surface area contributed by atoms with E-state index in [1.165, 1.54) is 88.2 Å². The van der Waals surface area contributed by atoms with E-state index in [0.717, 1.165) is 24.1 Å². The second-order valence-corrected chi connectivity index (χ2v) is 14.2. The summed E-state index contributed by atoms with van der Waals surface area (Å²) in [5, 5.41) is 5.14. The van der Waals surface area contributed by atoms with Gasteiger partial charge in [-0.3, -0.25) is 0 Å². The average Bonchev–Trinajstić information content (AvgIpc) is 3.69. The van der Waals surface area contributed by atoms with E-state index in [0.29, 0.717) is 0 Å². The third-order valence-corrected chi connectivity index (χ3v) is 11.7. The zero-order chi connectivity index (χ0) is 35.0. The van der Waals surface area contributed by atoms with Crippen LogP contribution in [0.4, 0.5) is 0 Å². The Balaban J connectivity index is 1.32. The molecule has 0 saturated carbocycles. The number of rotatable bonds is 4. The number of allylic oxidation sites excluding steroid dienone is 10. The molecule has 248 valence electrons. The van der Waals surface area contributed by atoms with Crippen molar-refractivity contribution in [2.45, 2.75) is 32.1 Å². The molecule has 0 N–H and O–H groups in total. The molecule has 0 aliphatic heterocycles. The van der Waals surface area contributed by atoms with Crippen LogP contribution in [0.1, 0.15) is 60.1 Å². The van der Waals surface area contributed by atoms with Crippen molar-refractivity contribution in [1.29, 1.82) is 0 Å². The second-order valence-electron chi connectivity index (χ2n) is 14.2. The minimum Gasteiger partial charge on any atom is -0.309 e. The summed E-state index contributed by atoms with van der Waals surface area (Å²) in [6.07, 6.45) is 17.8. The summed E-state index contributed by atoms with van der Waals surface area (Å²) in [6.45, 7) is 9.10. The van der Waals surface area contributed by atoms with Crippen molar-refractivity contribution in [3.8, 4) is 11.1 Å². The number of nitrogens with zero attached hydrogens (tertiary/aromatic N) is 1. The van der Waals surface area contributed by atoms with E-state index >= 15 is 0 Å². The van der Waals surface area contributed by atoms with Gasteiger partial charge in [0.05, 0.1) is 16.4 Å². The van der Waals surface area contributed by atoms with Crippen LogP contribution in [-0.4, -0.2) is 4.57 Å². The zero-order valence-corrected chi connectivity index (χ0v) is 29.7. The van der Waals surface area contributed by atoms with Crippen LogP contribution in [0.2, 0.25) is 0 Å². The molecule has 10 rings (SSSR count). The van der Waals surface area contributed by atoms with Crippen molar-refractivity contribution in [2.75, 3.05) is 0 Å². The zero-order valence-electron chi connectivity index (χ0n) is 29.7. The summed E-state index contributed by atoms with van der Waals surface area (Å²) in [5.74, 6) is 0. The number of benzene rings is 6. The first-order valence-corrected chi connectivity index (χ1v) is 18.5. The molecule has 6 aromatic carbocycles. The number of fused-ring (bicyclic) bond motifs is 10. The van der Waals surface area contributed by atoms with Crippen LogP contribution in [0.25, 0.3) is 60.5 Å². The number of hydrogen-bond acceptors (Lipinski definition) is 0. The van der Waals surface area contributed by atoms with Gasteiger partial charge in [0.2, 0.25) is 0 Å². The molecule has 3 aliphatic rings. The lowest BCUT2D eigenvalue weighted by Crippen LogP contribution is -2.32. The van der Waals surface area contributed by atoms with E-state index in [1.807, 2.05) is 0 Å². The van der Waals surface area contributed by atoms with Gasteiger partial charge >= 0.3 is 0 Å². The molecule has 0 saturated heterocycles. The molecule has 3 aliphatic carbocycles. The molecule has 1 spiro atoms. The van der Waals surface area contributed by atoms with Gasteiger partial charge in [-0.2, -0.15) is 0 Å². The average molecular weight is 666 g/mol. The highest BCUT2D eigenvalue weighted by Crippen LogP contribution is 2.63. The van der Waals surface area contributed by atoms with Gasteiger partial charge in [-0.25, -0.2) is 0 Å². The van der Waals surface area contributed by atoms with Crippen LogP contribution in [0.3, 0.4) is 0 Å². The van der Waals surface area contributed by atoms with Crippen molar-refractivity contribution in [3.63, 3.8) is 0 Å². The van der Waals surface area contributed by atoms with Crippen molar-refractivity contribution in [3.05, 3.63) is 209 Å². The second kappa shape index (κ2) is 11.7. The molecule has 52 heavy (non-hydrogen) atoms. The Bertz CT molecular complexity index is 2820. The number of aromatic nitrogens is 1. The van der Waals surface area contributed by atoms with E-state index in [-0.39, 0.29) is 0 Å². The lowest BCUT2D eigenvalue weighted by Gasteiger charge is -2.40. The van der Waals surface area contributed by atoms with Gasteiger partial charge in [-0.15, -0.1) is 0 Å². The Morgan fingerprint density at radius 2 is 1.42 bits per heavy atom. The summed E-state index contributed by atoms with van der Waals surface area (Å²) in [4.78, 5) is 0. The highest BCUT2D eigenvalue weighted by atomic mass is 15.0. The molecule has 1 nitrogen and oxygen atoms in total. The first-order valence-electron chi connectivity index (χ1n) is 18.5. The van der Waals surface area contributed by atoms with Gasteiger partial charge in [0, 0.05) is 16.5 Å². The third-order valence-electron chi connectivity index (χ3n) is 11.7. The standard InChI is InChI=1S/C51H39N/c1-4-6-26-43-37(5-2)38-22-10-13-27-44(38)51(43)45-28-14-11-23-39(45)42-32-48-50(41-25-17-29-46(51)49(41)42)40-24-12-15-30-47(40)52(48)33(3)35-20-16-21-36(31-35)34-18-8-7-9-19-34/h4-8,10-18,20-32H,3,9,19H2,1-2H3/b6-4-,37-5-,43-26+. The summed E-state index contributed by atoms with van der Waals surface area (Å²) in [6, 6.07) is 45.5. The number of para-hydroxylation sites is 1. The van der Waals surface area contributed by atoms with Crippen LogP contribution in [0, 0.1) is 0 Å². The van der Waals surface area contributed by atoms with Crippen LogP contribution in [-0.2, 0) is 5.41 Å². The minimum absolute atomic E-state index is 0.458. The van der Waals surface area contributed by atoms with Crippen molar-refractivity contribution >= 4 is 49.4 Å². The van der Waals surface area contributed by atoms with Crippen molar-refractivity contribution in [1.82, 2.24) is 4.57 Å². The Hall–Kier alpha value is -6.18. The van der Waals surface area contributed by atoms with Crippen molar-refractivity contribution < 1.29 is 0 Å². The Morgan fingerprint density at radius 1 is 0.692 bits per heavy atom.